The van der Waals surface area contributed by atoms with Crippen molar-refractivity contribution in [3.63, 3.8) is 0 Å². The Labute approximate surface area is 446 Å². The maximum Gasteiger partial charge on any atom is 0.472 e. The molecule has 0 bridgehead atoms. The summed E-state index contributed by atoms with van der Waals surface area (Å²) in [4.78, 5) is 35.1. The van der Waals surface area contributed by atoms with E-state index in [0.717, 1.165) is 122 Å². The Morgan fingerprint density at radius 1 is 0.425 bits per heavy atom. The number of ether oxygens (including phenoxy) is 2. The molecule has 10 heteroatoms. The quantitative estimate of drug-likeness (QED) is 0.0264. The van der Waals surface area contributed by atoms with E-state index in [-0.39, 0.29) is 32.6 Å². The number of rotatable bonds is 52. The molecule has 0 fully saturated rings. The Morgan fingerprint density at radius 3 is 1.14 bits per heavy atom. The van der Waals surface area contributed by atoms with Gasteiger partial charge in [-0.05, 0) is 116 Å². The van der Waals surface area contributed by atoms with Gasteiger partial charge in [0.25, 0.3) is 0 Å². The third-order valence-electron chi connectivity index (χ3n) is 11.5. The molecule has 0 aliphatic heterocycles. The summed E-state index contributed by atoms with van der Waals surface area (Å²) in [6.07, 6.45) is 80.7. The van der Waals surface area contributed by atoms with E-state index in [1.54, 1.807) is 0 Å². The molecule has 9 nitrogen and oxygen atoms in total. The topological polar surface area (TPSA) is 134 Å². The van der Waals surface area contributed by atoms with E-state index in [2.05, 4.69) is 148 Å². The Bertz CT molecular complexity index is 1650. The number of carbonyl (C=O) groups excluding carboxylic acids is 2. The molecule has 0 aliphatic rings. The number of esters is 2. The molecule has 3 N–H and O–H groups in total. The molecule has 2 atom stereocenters. The molecule has 0 saturated carbocycles. The van der Waals surface area contributed by atoms with Crippen LogP contribution >= 0.6 is 7.82 Å². The molecule has 0 aromatic rings. The standard InChI is InChI=1S/C63H104NO8P/c1-3-5-7-9-11-13-15-17-19-21-22-23-24-25-26-27-28-29-30-31-32-33-34-35-36-37-38-40-42-44-46-48-50-52-54-56-63(66)72-61(60-71-73(67,68)70-58-57-64)59-69-62(65)55-53-51-49-47-45-43-41-39-20-18-16-14-12-10-8-6-4-2/h5,7,11,13,17-20,22-23,25-26,28-29,31-32,34-35,37-38,42,44,61H,3-4,6,8-10,12,14-16,21,24,27,30,33,36,39-41,43,45-60,64H2,1-2H3,(H,67,68)/b7-5-,13-11-,19-17-,20-18-,23-22-,26-25-,29-28-,32-31-,35-34-,38-37-,44-42-. The molecule has 0 heterocycles. The van der Waals surface area contributed by atoms with Gasteiger partial charge in [0.05, 0.1) is 13.2 Å². The molecule has 0 aromatic carbocycles. The molecule has 414 valence electrons. The van der Waals surface area contributed by atoms with Gasteiger partial charge in [-0.3, -0.25) is 18.6 Å². The van der Waals surface area contributed by atoms with Gasteiger partial charge >= 0.3 is 19.8 Å². The first-order chi connectivity index (χ1) is 35.8. The van der Waals surface area contributed by atoms with E-state index in [0.29, 0.717) is 6.42 Å². The maximum absolute atomic E-state index is 12.7. The Hall–Kier alpha value is -3.85. The minimum Gasteiger partial charge on any atom is -0.462 e. The van der Waals surface area contributed by atoms with E-state index in [1.165, 1.54) is 64.2 Å². The molecule has 0 spiro atoms. The van der Waals surface area contributed by atoms with Crippen LogP contribution in [0.5, 0.6) is 0 Å². The van der Waals surface area contributed by atoms with Gasteiger partial charge in [-0.1, -0.05) is 225 Å². The third kappa shape index (κ3) is 57.3. The summed E-state index contributed by atoms with van der Waals surface area (Å²) in [5.41, 5.74) is 5.37. The minimum absolute atomic E-state index is 0.0415. The number of unbranched alkanes of at least 4 members (excludes halogenated alkanes) is 17. The highest BCUT2D eigenvalue weighted by Crippen LogP contribution is 2.43. The summed E-state index contributed by atoms with van der Waals surface area (Å²) in [5.74, 6) is -0.870. The average molecular weight is 1030 g/mol. The molecule has 2 unspecified atom stereocenters. The van der Waals surface area contributed by atoms with Crippen LogP contribution in [0.4, 0.5) is 0 Å². The fourth-order valence-corrected chi connectivity index (χ4v) is 8.07. The van der Waals surface area contributed by atoms with Crippen LogP contribution in [0.3, 0.4) is 0 Å². The van der Waals surface area contributed by atoms with Gasteiger partial charge < -0.3 is 20.1 Å². The van der Waals surface area contributed by atoms with Crippen molar-refractivity contribution in [2.45, 2.75) is 225 Å². The van der Waals surface area contributed by atoms with Gasteiger partial charge in [-0.15, -0.1) is 0 Å². The third-order valence-corrected chi connectivity index (χ3v) is 12.5. The Kier molecular flexibility index (Phi) is 54.4. The van der Waals surface area contributed by atoms with E-state index in [4.69, 9.17) is 24.3 Å². The molecule has 0 aliphatic carbocycles. The highest BCUT2D eigenvalue weighted by atomic mass is 31.2. The summed E-state index contributed by atoms with van der Waals surface area (Å²) >= 11 is 0. The van der Waals surface area contributed by atoms with Crippen LogP contribution in [0.25, 0.3) is 0 Å². The second kappa shape index (κ2) is 57.4. The monoisotopic (exact) mass is 1030 g/mol. The predicted octanol–water partition coefficient (Wildman–Crippen LogP) is 18.2. The number of phosphoric acid groups is 1. The van der Waals surface area contributed by atoms with Gasteiger partial charge in [-0.2, -0.15) is 0 Å². The van der Waals surface area contributed by atoms with Crippen molar-refractivity contribution in [1.29, 1.82) is 0 Å². The van der Waals surface area contributed by atoms with Crippen molar-refractivity contribution in [1.82, 2.24) is 0 Å². The summed E-state index contributed by atoms with van der Waals surface area (Å²) < 4.78 is 33.0. The second-order valence-corrected chi connectivity index (χ2v) is 19.9. The van der Waals surface area contributed by atoms with Crippen molar-refractivity contribution in [3.05, 3.63) is 134 Å². The molecular weight excluding hydrogens is 930 g/mol. The normalized spacial score (nSPS) is 14.1. The van der Waals surface area contributed by atoms with E-state index >= 15 is 0 Å². The molecule has 0 amide bonds. The van der Waals surface area contributed by atoms with Gasteiger partial charge in [0.2, 0.25) is 0 Å². The number of carbonyl (C=O) groups is 2. The maximum atomic E-state index is 12.7. The molecule has 0 aromatic heterocycles. The fourth-order valence-electron chi connectivity index (χ4n) is 7.30. The number of nitrogens with two attached hydrogens (primary N) is 1. The van der Waals surface area contributed by atoms with Gasteiger partial charge in [0, 0.05) is 19.4 Å². The highest BCUT2D eigenvalue weighted by Gasteiger charge is 2.26. The predicted molar refractivity (Wildman–Crippen MR) is 311 cm³/mol. The Balaban J connectivity index is 4.10. The molecule has 73 heavy (non-hydrogen) atoms. The fraction of sp³-hybridized carbons (Fsp3) is 0.619. The average Bonchev–Trinajstić information content (AvgIpc) is 3.38. The van der Waals surface area contributed by atoms with E-state index in [9.17, 15) is 19.0 Å². The second-order valence-electron chi connectivity index (χ2n) is 18.4. The molecule has 0 rings (SSSR count). The number of hydrogen-bond donors (Lipinski definition) is 2. The lowest BCUT2D eigenvalue weighted by Gasteiger charge is -2.19. The lowest BCUT2D eigenvalue weighted by molar-refractivity contribution is -0.161. The molecule has 0 saturated heterocycles. The van der Waals surface area contributed by atoms with Crippen molar-refractivity contribution in [2.75, 3.05) is 26.4 Å². The van der Waals surface area contributed by atoms with Crippen molar-refractivity contribution in [2.24, 2.45) is 5.73 Å². The molecular formula is C63H104NO8P. The van der Waals surface area contributed by atoms with E-state index < -0.39 is 32.5 Å². The SMILES string of the molecule is CC/C=C\C/C=C\C/C=C\C/C=C\C/C=C\C/C=C\C/C=C\C/C=C\C/C=C\C/C=C\CCCCCCC(=O)OC(COC(=O)CCCCCCCCC/C=C\CCCCCCCC)COP(=O)(O)OCCN. The van der Waals surface area contributed by atoms with Gasteiger partial charge in [0.15, 0.2) is 6.10 Å². The van der Waals surface area contributed by atoms with Crippen LogP contribution in [0.15, 0.2) is 134 Å². The van der Waals surface area contributed by atoms with Crippen LogP contribution < -0.4 is 5.73 Å². The summed E-state index contributed by atoms with van der Waals surface area (Å²) in [7, 11) is -4.40. The van der Waals surface area contributed by atoms with Gasteiger partial charge in [0.1, 0.15) is 6.61 Å². The molecule has 0 radical (unpaired) electrons. The zero-order chi connectivity index (χ0) is 53.1. The van der Waals surface area contributed by atoms with Crippen LogP contribution in [-0.4, -0.2) is 49.3 Å². The minimum atomic E-state index is -4.40. The summed E-state index contributed by atoms with van der Waals surface area (Å²) in [6, 6.07) is 0. The van der Waals surface area contributed by atoms with E-state index in [1.807, 2.05) is 0 Å². The number of hydrogen-bond acceptors (Lipinski definition) is 8. The lowest BCUT2D eigenvalue weighted by atomic mass is 10.1. The lowest BCUT2D eigenvalue weighted by Crippen LogP contribution is -2.29. The van der Waals surface area contributed by atoms with Crippen LogP contribution in [0.1, 0.15) is 219 Å². The first-order valence-electron chi connectivity index (χ1n) is 28.7. The van der Waals surface area contributed by atoms with Crippen molar-refractivity contribution < 1.29 is 37.6 Å². The van der Waals surface area contributed by atoms with Crippen LogP contribution in [0.2, 0.25) is 0 Å². The first kappa shape index (κ1) is 69.2. The first-order valence-corrected chi connectivity index (χ1v) is 30.2. The smallest absolute Gasteiger partial charge is 0.462 e. The zero-order valence-corrected chi connectivity index (χ0v) is 47.0. The number of allylic oxidation sites excluding steroid dienone is 22. The highest BCUT2D eigenvalue weighted by molar-refractivity contribution is 7.47. The largest absolute Gasteiger partial charge is 0.472 e. The summed E-state index contributed by atoms with van der Waals surface area (Å²) in [5, 5.41) is 0. The Morgan fingerprint density at radius 2 is 0.753 bits per heavy atom. The number of phosphoric ester groups is 1. The van der Waals surface area contributed by atoms with Crippen molar-refractivity contribution in [3.8, 4) is 0 Å². The van der Waals surface area contributed by atoms with Crippen LogP contribution in [0, 0.1) is 0 Å². The van der Waals surface area contributed by atoms with Crippen molar-refractivity contribution >= 4 is 19.8 Å². The van der Waals surface area contributed by atoms with Crippen LogP contribution in [-0.2, 0) is 32.7 Å². The zero-order valence-electron chi connectivity index (χ0n) is 46.1. The summed E-state index contributed by atoms with van der Waals surface area (Å²) in [6.45, 7) is 3.57. The van der Waals surface area contributed by atoms with Gasteiger partial charge in [-0.25, -0.2) is 4.57 Å².